The number of hydrogen-bond acceptors (Lipinski definition) is 5. The van der Waals surface area contributed by atoms with Crippen LogP contribution in [0.3, 0.4) is 0 Å². The predicted octanol–water partition coefficient (Wildman–Crippen LogP) is 0.440. The third-order valence-corrected chi connectivity index (χ3v) is 6.23. The van der Waals surface area contributed by atoms with E-state index in [1.54, 1.807) is 6.92 Å². The van der Waals surface area contributed by atoms with Crippen LogP contribution in [0.25, 0.3) is 0 Å². The molecule has 1 amide bonds. The third kappa shape index (κ3) is 9.17. The van der Waals surface area contributed by atoms with E-state index in [0.29, 0.717) is 6.42 Å². The Kier molecular flexibility index (Phi) is 10.3. The maximum Gasteiger partial charge on any atom is 0.324 e. The highest BCUT2D eigenvalue weighted by atomic mass is 32.2. The van der Waals surface area contributed by atoms with Crippen molar-refractivity contribution in [3.05, 3.63) is 71.8 Å². The first-order valence-corrected chi connectivity index (χ1v) is 12.3. The summed E-state index contributed by atoms with van der Waals surface area (Å²) in [6.07, 6.45) is 0.908. The molecule has 2 aromatic rings. The van der Waals surface area contributed by atoms with Gasteiger partial charge >= 0.3 is 5.97 Å². The minimum atomic E-state index is -3.75. The standard InChI is InChI=1S/C23H31N3O5S/c1-2-31-23(28)21(17-19-12-7-4-8-13-19)26-32(29,30)15-9-14-25-22(27)20(24)16-18-10-5-3-6-11-18/h3-8,10-13,20-21,26H,2,9,14-17,24H2,1H3,(H,25,27)/p+1/t20-,21-/m0/s1. The predicted molar refractivity (Wildman–Crippen MR) is 122 cm³/mol. The van der Waals surface area contributed by atoms with Gasteiger partial charge in [-0.15, -0.1) is 0 Å². The summed E-state index contributed by atoms with van der Waals surface area (Å²) in [4.78, 5) is 24.5. The quantitative estimate of drug-likeness (QED) is 0.294. The van der Waals surface area contributed by atoms with Crippen LogP contribution < -0.4 is 15.8 Å². The Balaban J connectivity index is 1.82. The van der Waals surface area contributed by atoms with Crippen LogP contribution in [0.15, 0.2) is 60.7 Å². The Morgan fingerprint density at radius 1 is 0.969 bits per heavy atom. The van der Waals surface area contributed by atoms with Crippen LogP contribution >= 0.6 is 0 Å². The van der Waals surface area contributed by atoms with E-state index < -0.39 is 28.1 Å². The number of nitrogens with one attached hydrogen (secondary N) is 2. The maximum absolute atomic E-state index is 12.5. The minimum absolute atomic E-state index is 0.160. The van der Waals surface area contributed by atoms with Crippen molar-refractivity contribution in [3.63, 3.8) is 0 Å². The molecular weight excluding hydrogens is 430 g/mol. The summed E-state index contributed by atoms with van der Waals surface area (Å²) >= 11 is 0. The zero-order chi connectivity index (χ0) is 23.4. The van der Waals surface area contributed by atoms with Gasteiger partial charge in [0.25, 0.3) is 5.91 Å². The van der Waals surface area contributed by atoms with E-state index >= 15 is 0 Å². The van der Waals surface area contributed by atoms with Gasteiger partial charge in [-0.3, -0.25) is 9.59 Å². The first-order chi connectivity index (χ1) is 15.3. The molecule has 2 atom stereocenters. The molecule has 0 heterocycles. The number of hydrogen-bond donors (Lipinski definition) is 3. The summed E-state index contributed by atoms with van der Waals surface area (Å²) in [5.74, 6) is -1.07. The van der Waals surface area contributed by atoms with Crippen molar-refractivity contribution in [2.24, 2.45) is 0 Å². The molecule has 0 aliphatic carbocycles. The van der Waals surface area contributed by atoms with Crippen molar-refractivity contribution in [2.75, 3.05) is 18.9 Å². The second-order valence-corrected chi connectivity index (χ2v) is 9.34. The van der Waals surface area contributed by atoms with Gasteiger partial charge in [0.15, 0.2) is 6.04 Å². The first kappa shape index (κ1) is 25.5. The third-order valence-electron chi connectivity index (χ3n) is 4.76. The number of sulfonamides is 1. The lowest BCUT2D eigenvalue weighted by Crippen LogP contribution is -2.68. The van der Waals surface area contributed by atoms with Crippen molar-refractivity contribution in [3.8, 4) is 0 Å². The molecule has 174 valence electrons. The largest absolute Gasteiger partial charge is 0.465 e. The fourth-order valence-electron chi connectivity index (χ4n) is 3.15. The highest BCUT2D eigenvalue weighted by molar-refractivity contribution is 7.89. The molecule has 2 rings (SSSR count). The monoisotopic (exact) mass is 462 g/mol. The van der Waals surface area contributed by atoms with Gasteiger partial charge in [0.1, 0.15) is 6.04 Å². The summed E-state index contributed by atoms with van der Waals surface area (Å²) in [6.45, 7) is 2.03. The number of rotatable bonds is 13. The topological polar surface area (TPSA) is 129 Å². The van der Waals surface area contributed by atoms with Gasteiger partial charge in [-0.25, -0.2) is 13.1 Å². The fourth-order valence-corrected chi connectivity index (χ4v) is 4.41. The molecule has 0 saturated heterocycles. The van der Waals surface area contributed by atoms with Crippen LogP contribution in [0.5, 0.6) is 0 Å². The van der Waals surface area contributed by atoms with E-state index in [-0.39, 0.29) is 37.7 Å². The summed E-state index contributed by atoms with van der Waals surface area (Å²) in [5.41, 5.74) is 5.71. The highest BCUT2D eigenvalue weighted by Crippen LogP contribution is 2.07. The van der Waals surface area contributed by atoms with Gasteiger partial charge in [-0.2, -0.15) is 0 Å². The number of benzene rings is 2. The second-order valence-electron chi connectivity index (χ2n) is 7.46. The van der Waals surface area contributed by atoms with Crippen LogP contribution in [0, 0.1) is 0 Å². The Hall–Kier alpha value is -2.75. The molecule has 0 aliphatic heterocycles. The molecule has 0 bridgehead atoms. The summed E-state index contributed by atoms with van der Waals surface area (Å²) in [6, 6.07) is 17.2. The Morgan fingerprint density at radius 2 is 1.53 bits per heavy atom. The van der Waals surface area contributed by atoms with Crippen molar-refractivity contribution in [1.82, 2.24) is 10.0 Å². The van der Waals surface area contributed by atoms with Crippen LogP contribution in [-0.2, 0) is 37.2 Å². The average molecular weight is 463 g/mol. The van der Waals surface area contributed by atoms with E-state index in [4.69, 9.17) is 4.74 Å². The number of carbonyl (C=O) groups excluding carboxylic acids is 2. The number of amides is 1. The molecule has 0 aliphatic rings. The van der Waals surface area contributed by atoms with Crippen LogP contribution in [0.2, 0.25) is 0 Å². The van der Waals surface area contributed by atoms with Crippen molar-refractivity contribution >= 4 is 21.9 Å². The van der Waals surface area contributed by atoms with Crippen molar-refractivity contribution < 1.29 is 28.5 Å². The maximum atomic E-state index is 12.5. The molecular formula is C23H32N3O5S+. The number of esters is 1. The minimum Gasteiger partial charge on any atom is -0.465 e. The Bertz CT molecular complexity index is 952. The summed E-state index contributed by atoms with van der Waals surface area (Å²) < 4.78 is 32.5. The summed E-state index contributed by atoms with van der Waals surface area (Å²) in [5, 5.41) is 2.73. The van der Waals surface area contributed by atoms with Crippen LogP contribution in [0.1, 0.15) is 24.5 Å². The smallest absolute Gasteiger partial charge is 0.324 e. The zero-order valence-corrected chi connectivity index (χ0v) is 19.1. The van der Waals surface area contributed by atoms with Gasteiger partial charge in [0, 0.05) is 13.0 Å². The molecule has 0 spiro atoms. The fraction of sp³-hybridized carbons (Fsp3) is 0.391. The van der Waals surface area contributed by atoms with E-state index in [1.165, 1.54) is 0 Å². The second kappa shape index (κ2) is 12.9. The first-order valence-electron chi connectivity index (χ1n) is 10.7. The van der Waals surface area contributed by atoms with Gasteiger partial charge in [0.2, 0.25) is 10.0 Å². The number of carbonyl (C=O) groups is 2. The molecule has 0 aromatic heterocycles. The molecule has 8 nitrogen and oxygen atoms in total. The molecule has 32 heavy (non-hydrogen) atoms. The molecule has 2 aromatic carbocycles. The number of ether oxygens (including phenoxy) is 1. The SMILES string of the molecule is CCOC(=O)[C@H](Cc1ccccc1)NS(=O)(=O)CCCNC(=O)[C@@H]([NH3+])Cc1ccccc1. The average Bonchev–Trinajstić information content (AvgIpc) is 2.77. The molecule has 0 unspecified atom stereocenters. The normalized spacial score (nSPS) is 13.2. The Labute approximate surface area is 189 Å². The highest BCUT2D eigenvalue weighted by Gasteiger charge is 2.26. The van der Waals surface area contributed by atoms with E-state index in [0.717, 1.165) is 11.1 Å². The van der Waals surface area contributed by atoms with Gasteiger partial charge < -0.3 is 15.8 Å². The van der Waals surface area contributed by atoms with E-state index in [1.807, 2.05) is 60.7 Å². The molecule has 0 fully saturated rings. The van der Waals surface area contributed by atoms with Crippen molar-refractivity contribution in [1.29, 1.82) is 0 Å². The van der Waals surface area contributed by atoms with E-state index in [9.17, 15) is 18.0 Å². The Morgan fingerprint density at radius 3 is 2.09 bits per heavy atom. The lowest BCUT2D eigenvalue weighted by Gasteiger charge is -2.17. The lowest BCUT2D eigenvalue weighted by atomic mass is 10.1. The van der Waals surface area contributed by atoms with Gasteiger partial charge in [-0.1, -0.05) is 60.7 Å². The zero-order valence-electron chi connectivity index (χ0n) is 18.3. The molecule has 0 saturated carbocycles. The number of quaternary nitrogens is 1. The van der Waals surface area contributed by atoms with Crippen LogP contribution in [-0.4, -0.2) is 51.3 Å². The summed E-state index contributed by atoms with van der Waals surface area (Å²) in [7, 11) is -3.75. The van der Waals surface area contributed by atoms with E-state index in [2.05, 4.69) is 15.8 Å². The van der Waals surface area contributed by atoms with Gasteiger partial charge in [0.05, 0.1) is 12.4 Å². The molecule has 9 heteroatoms. The van der Waals surface area contributed by atoms with Crippen LogP contribution in [0.4, 0.5) is 0 Å². The molecule has 0 radical (unpaired) electrons. The van der Waals surface area contributed by atoms with Gasteiger partial charge in [-0.05, 0) is 30.9 Å². The lowest BCUT2D eigenvalue weighted by molar-refractivity contribution is -0.403. The molecule has 5 N–H and O–H groups in total. The van der Waals surface area contributed by atoms with Crippen molar-refractivity contribution in [2.45, 2.75) is 38.3 Å².